The summed E-state index contributed by atoms with van der Waals surface area (Å²) in [7, 11) is 1.49. The van der Waals surface area contributed by atoms with Gasteiger partial charge in [0.05, 0.1) is 22.7 Å². The molecule has 1 heterocycles. The third kappa shape index (κ3) is 3.95. The lowest BCUT2D eigenvalue weighted by Gasteiger charge is -2.37. The van der Waals surface area contributed by atoms with Gasteiger partial charge in [0.15, 0.2) is 0 Å². The van der Waals surface area contributed by atoms with Crippen molar-refractivity contribution in [1.29, 1.82) is 0 Å². The SMILES string of the molecule is COc1cc(Cl)c(C(=O)N2CCN(C(=O)C(C)(C)C)CC2)cc1Cl. The number of hydrogen-bond donors (Lipinski definition) is 0. The topological polar surface area (TPSA) is 49.9 Å². The van der Waals surface area contributed by atoms with Crippen LogP contribution in [0.15, 0.2) is 12.1 Å². The number of carbonyl (C=O) groups excluding carboxylic acids is 2. The molecule has 0 unspecified atom stereocenters. The summed E-state index contributed by atoms with van der Waals surface area (Å²) in [6.07, 6.45) is 0. The average Bonchev–Trinajstić information content (AvgIpc) is 2.54. The zero-order valence-electron chi connectivity index (χ0n) is 14.4. The van der Waals surface area contributed by atoms with Gasteiger partial charge in [-0.25, -0.2) is 0 Å². The van der Waals surface area contributed by atoms with Crippen molar-refractivity contribution in [2.24, 2.45) is 5.41 Å². The monoisotopic (exact) mass is 372 g/mol. The van der Waals surface area contributed by atoms with E-state index in [9.17, 15) is 9.59 Å². The van der Waals surface area contributed by atoms with Crippen molar-refractivity contribution in [3.63, 3.8) is 0 Å². The van der Waals surface area contributed by atoms with Crippen molar-refractivity contribution >= 4 is 35.0 Å². The van der Waals surface area contributed by atoms with Crippen LogP contribution in [-0.4, -0.2) is 54.9 Å². The van der Waals surface area contributed by atoms with Gasteiger partial charge in [0, 0.05) is 37.7 Å². The van der Waals surface area contributed by atoms with Crippen molar-refractivity contribution in [2.45, 2.75) is 20.8 Å². The molecule has 1 saturated heterocycles. The molecule has 1 aromatic carbocycles. The summed E-state index contributed by atoms with van der Waals surface area (Å²) >= 11 is 12.3. The molecule has 24 heavy (non-hydrogen) atoms. The molecule has 2 rings (SSSR count). The summed E-state index contributed by atoms with van der Waals surface area (Å²) in [6.45, 7) is 7.66. The first-order chi connectivity index (χ1) is 11.1. The standard InChI is InChI=1S/C17H22Cl2N2O3/c1-17(2,3)16(23)21-7-5-20(6-8-21)15(22)11-9-13(19)14(24-4)10-12(11)18/h9-10H,5-8H2,1-4H3. The van der Waals surface area contributed by atoms with Gasteiger partial charge in [-0.05, 0) is 6.07 Å². The minimum Gasteiger partial charge on any atom is -0.495 e. The van der Waals surface area contributed by atoms with E-state index in [4.69, 9.17) is 27.9 Å². The van der Waals surface area contributed by atoms with Gasteiger partial charge in [-0.1, -0.05) is 44.0 Å². The lowest BCUT2D eigenvalue weighted by Crippen LogP contribution is -2.53. The molecule has 0 saturated carbocycles. The molecular formula is C17H22Cl2N2O3. The predicted octanol–water partition coefficient (Wildman–Crippen LogP) is 3.33. The second-order valence-corrected chi connectivity index (χ2v) is 7.62. The van der Waals surface area contributed by atoms with E-state index in [1.54, 1.807) is 9.80 Å². The summed E-state index contributed by atoms with van der Waals surface area (Å²) < 4.78 is 5.09. The van der Waals surface area contributed by atoms with E-state index >= 15 is 0 Å². The minimum atomic E-state index is -0.418. The highest BCUT2D eigenvalue weighted by Gasteiger charge is 2.31. The number of amides is 2. The highest BCUT2D eigenvalue weighted by atomic mass is 35.5. The van der Waals surface area contributed by atoms with E-state index in [1.165, 1.54) is 19.2 Å². The number of halogens is 2. The molecule has 0 N–H and O–H groups in total. The molecule has 0 aliphatic carbocycles. The number of benzene rings is 1. The van der Waals surface area contributed by atoms with Crippen LogP contribution in [0.3, 0.4) is 0 Å². The average molecular weight is 373 g/mol. The van der Waals surface area contributed by atoms with E-state index in [2.05, 4.69) is 0 Å². The maximum absolute atomic E-state index is 12.7. The van der Waals surface area contributed by atoms with Crippen molar-refractivity contribution < 1.29 is 14.3 Å². The normalized spacial score (nSPS) is 15.4. The Morgan fingerprint density at radius 1 is 1.00 bits per heavy atom. The van der Waals surface area contributed by atoms with Crippen LogP contribution in [-0.2, 0) is 4.79 Å². The van der Waals surface area contributed by atoms with Gasteiger partial charge in [0.2, 0.25) is 5.91 Å². The fourth-order valence-corrected chi connectivity index (χ4v) is 3.08. The Labute approximate surface area is 152 Å². The van der Waals surface area contributed by atoms with Crippen molar-refractivity contribution in [3.05, 3.63) is 27.7 Å². The first kappa shape index (κ1) is 18.9. The van der Waals surface area contributed by atoms with Crippen LogP contribution in [0.2, 0.25) is 10.0 Å². The van der Waals surface area contributed by atoms with Crippen LogP contribution in [0.5, 0.6) is 5.75 Å². The Hall–Kier alpha value is -1.46. The largest absolute Gasteiger partial charge is 0.495 e. The molecule has 1 aliphatic rings. The number of ether oxygens (including phenoxy) is 1. The molecule has 1 aliphatic heterocycles. The summed E-state index contributed by atoms with van der Waals surface area (Å²) in [6, 6.07) is 3.06. The van der Waals surface area contributed by atoms with Crippen LogP contribution >= 0.6 is 23.2 Å². The fourth-order valence-electron chi connectivity index (χ4n) is 2.61. The van der Waals surface area contributed by atoms with Gasteiger partial charge < -0.3 is 14.5 Å². The smallest absolute Gasteiger partial charge is 0.255 e. The predicted molar refractivity (Wildman–Crippen MR) is 95.0 cm³/mol. The molecule has 0 bridgehead atoms. The summed E-state index contributed by atoms with van der Waals surface area (Å²) in [5.41, 5.74) is -0.0722. The first-order valence-electron chi connectivity index (χ1n) is 7.77. The fraction of sp³-hybridized carbons (Fsp3) is 0.529. The number of hydrogen-bond acceptors (Lipinski definition) is 3. The molecule has 0 spiro atoms. The zero-order chi connectivity index (χ0) is 18.1. The van der Waals surface area contributed by atoms with E-state index in [-0.39, 0.29) is 11.8 Å². The van der Waals surface area contributed by atoms with Gasteiger partial charge >= 0.3 is 0 Å². The molecule has 1 fully saturated rings. The third-order valence-electron chi connectivity index (χ3n) is 3.97. The van der Waals surface area contributed by atoms with Crippen LogP contribution in [0.25, 0.3) is 0 Å². The second kappa shape index (κ2) is 7.19. The van der Waals surface area contributed by atoms with Gasteiger partial charge in [-0.3, -0.25) is 9.59 Å². The lowest BCUT2D eigenvalue weighted by atomic mass is 9.94. The van der Waals surface area contributed by atoms with Crippen molar-refractivity contribution in [2.75, 3.05) is 33.3 Å². The molecule has 7 heteroatoms. The lowest BCUT2D eigenvalue weighted by molar-refractivity contribution is -0.140. The highest BCUT2D eigenvalue weighted by Crippen LogP contribution is 2.31. The van der Waals surface area contributed by atoms with Gasteiger partial charge in [0.1, 0.15) is 5.75 Å². The molecule has 0 radical (unpaired) electrons. The number of nitrogens with zero attached hydrogens (tertiary/aromatic N) is 2. The number of piperazine rings is 1. The minimum absolute atomic E-state index is 0.0973. The number of rotatable bonds is 2. The molecule has 0 aromatic heterocycles. The summed E-state index contributed by atoms with van der Waals surface area (Å²) in [4.78, 5) is 28.5. The molecular weight excluding hydrogens is 351 g/mol. The Balaban J connectivity index is 2.09. The van der Waals surface area contributed by atoms with E-state index in [1.807, 2.05) is 20.8 Å². The second-order valence-electron chi connectivity index (χ2n) is 6.80. The number of carbonyl (C=O) groups is 2. The molecule has 132 valence electrons. The maximum Gasteiger partial charge on any atom is 0.255 e. The Morgan fingerprint density at radius 2 is 1.54 bits per heavy atom. The number of methoxy groups -OCH3 is 1. The van der Waals surface area contributed by atoms with E-state index in [0.717, 1.165) is 0 Å². The van der Waals surface area contributed by atoms with E-state index in [0.29, 0.717) is 47.5 Å². The molecule has 5 nitrogen and oxygen atoms in total. The maximum atomic E-state index is 12.7. The van der Waals surface area contributed by atoms with Gasteiger partial charge in [0.25, 0.3) is 5.91 Å². The highest BCUT2D eigenvalue weighted by molar-refractivity contribution is 6.36. The van der Waals surface area contributed by atoms with Crippen LogP contribution in [0.4, 0.5) is 0 Å². The molecule has 2 amide bonds. The first-order valence-corrected chi connectivity index (χ1v) is 8.52. The molecule has 1 aromatic rings. The van der Waals surface area contributed by atoms with Crippen LogP contribution in [0.1, 0.15) is 31.1 Å². The van der Waals surface area contributed by atoms with E-state index < -0.39 is 5.41 Å². The van der Waals surface area contributed by atoms with Gasteiger partial charge in [-0.2, -0.15) is 0 Å². The zero-order valence-corrected chi connectivity index (χ0v) is 15.9. The molecule has 0 atom stereocenters. The third-order valence-corrected chi connectivity index (χ3v) is 4.58. The van der Waals surface area contributed by atoms with Gasteiger partial charge in [-0.15, -0.1) is 0 Å². The van der Waals surface area contributed by atoms with Crippen LogP contribution in [0, 0.1) is 5.41 Å². The summed E-state index contributed by atoms with van der Waals surface area (Å²) in [5.74, 6) is 0.339. The Kier molecular flexibility index (Phi) is 5.66. The Morgan fingerprint density at radius 3 is 2.04 bits per heavy atom. The summed E-state index contributed by atoms with van der Waals surface area (Å²) in [5, 5.41) is 0.640. The quantitative estimate of drug-likeness (QED) is 0.799. The Bertz CT molecular complexity index is 648. The van der Waals surface area contributed by atoms with Crippen molar-refractivity contribution in [1.82, 2.24) is 9.80 Å². The van der Waals surface area contributed by atoms with Crippen LogP contribution < -0.4 is 4.74 Å². The van der Waals surface area contributed by atoms with Crippen molar-refractivity contribution in [3.8, 4) is 5.75 Å².